The topological polar surface area (TPSA) is 35.6 Å². The van der Waals surface area contributed by atoms with Gasteiger partial charge in [-0.3, -0.25) is 4.90 Å². The van der Waals surface area contributed by atoms with Crippen LogP contribution in [0.3, 0.4) is 0 Å². The molecule has 0 aliphatic carbocycles. The quantitative estimate of drug-likeness (QED) is 0.925. The van der Waals surface area contributed by atoms with E-state index in [0.29, 0.717) is 0 Å². The lowest BCUT2D eigenvalue weighted by Crippen LogP contribution is -2.37. The Morgan fingerprint density at radius 1 is 1.47 bits per heavy atom. The average molecular weight is 298 g/mol. The van der Waals surface area contributed by atoms with E-state index in [1.807, 2.05) is 43.3 Å². The molecule has 1 unspecified atom stereocenters. The fraction of sp³-hybridized carbons (Fsp3) is 0.417. The number of likely N-dealkylation sites (N-methyl/N-ethyl adjacent to an activating group) is 2. The van der Waals surface area contributed by atoms with Crippen LogP contribution in [0, 0.1) is 0 Å². The van der Waals surface area contributed by atoms with Crippen molar-refractivity contribution < 1.29 is 4.79 Å². The molecule has 17 heavy (non-hydrogen) atoms. The van der Waals surface area contributed by atoms with E-state index in [-0.39, 0.29) is 12.1 Å². The molecule has 1 N–H and O–H groups in total. The van der Waals surface area contributed by atoms with Gasteiger partial charge in [0, 0.05) is 24.6 Å². The summed E-state index contributed by atoms with van der Waals surface area (Å²) >= 11 is 3.48. The summed E-state index contributed by atoms with van der Waals surface area (Å²) in [5.41, 5.74) is 0.933. The summed E-state index contributed by atoms with van der Waals surface area (Å²) < 4.78 is 0.951. The van der Waals surface area contributed by atoms with Crippen LogP contribution in [0.5, 0.6) is 0 Å². The van der Waals surface area contributed by atoms with Gasteiger partial charge in [-0.05, 0) is 35.1 Å². The molecule has 5 heteroatoms. The van der Waals surface area contributed by atoms with Crippen LogP contribution in [0.1, 0.15) is 0 Å². The highest BCUT2D eigenvalue weighted by Crippen LogP contribution is 2.29. The molecule has 1 aromatic carbocycles. The molecular weight excluding hydrogens is 282 g/mol. The number of carbonyl (C=O) groups is 1. The third-order valence-electron chi connectivity index (χ3n) is 3.06. The van der Waals surface area contributed by atoms with Crippen LogP contribution in [0.25, 0.3) is 0 Å². The number of halogens is 1. The molecule has 1 saturated heterocycles. The normalized spacial score (nSPS) is 20.2. The summed E-state index contributed by atoms with van der Waals surface area (Å²) in [4.78, 5) is 15.7. The smallest absolute Gasteiger partial charge is 0.321 e. The third kappa shape index (κ3) is 2.30. The Bertz CT molecular complexity index is 424. The van der Waals surface area contributed by atoms with Crippen LogP contribution >= 0.6 is 15.9 Å². The van der Waals surface area contributed by atoms with Crippen molar-refractivity contribution in [2.24, 2.45) is 0 Å². The number of carbonyl (C=O) groups excluding carboxylic acids is 1. The van der Waals surface area contributed by atoms with Gasteiger partial charge in [-0.25, -0.2) is 4.79 Å². The summed E-state index contributed by atoms with van der Waals surface area (Å²) in [6.07, 6.45) is 0. The number of rotatable bonds is 3. The number of urea groups is 1. The Morgan fingerprint density at radius 3 is 2.82 bits per heavy atom. The molecule has 1 heterocycles. The van der Waals surface area contributed by atoms with Gasteiger partial charge in [-0.15, -0.1) is 0 Å². The van der Waals surface area contributed by atoms with Crippen LogP contribution in [-0.4, -0.2) is 44.2 Å². The van der Waals surface area contributed by atoms with Crippen molar-refractivity contribution in [1.82, 2.24) is 10.2 Å². The molecule has 0 aromatic heterocycles. The van der Waals surface area contributed by atoms with Gasteiger partial charge in [0.1, 0.15) is 0 Å². The van der Waals surface area contributed by atoms with E-state index in [4.69, 9.17) is 0 Å². The minimum Gasteiger partial charge on any atom is -0.321 e. The highest BCUT2D eigenvalue weighted by molar-refractivity contribution is 9.10. The molecule has 1 aliphatic heterocycles. The van der Waals surface area contributed by atoms with E-state index in [1.165, 1.54) is 0 Å². The SMILES string of the molecule is CNCC1CN(c2ccccc2Br)C(=O)N1C. The van der Waals surface area contributed by atoms with Crippen molar-refractivity contribution in [3.8, 4) is 0 Å². The van der Waals surface area contributed by atoms with Gasteiger partial charge in [0.25, 0.3) is 0 Å². The number of benzene rings is 1. The lowest BCUT2D eigenvalue weighted by Gasteiger charge is -2.17. The van der Waals surface area contributed by atoms with E-state index in [0.717, 1.165) is 23.2 Å². The highest BCUT2D eigenvalue weighted by atomic mass is 79.9. The van der Waals surface area contributed by atoms with E-state index < -0.39 is 0 Å². The Balaban J connectivity index is 2.24. The van der Waals surface area contributed by atoms with Crippen LogP contribution in [0.15, 0.2) is 28.7 Å². The van der Waals surface area contributed by atoms with Crippen molar-refractivity contribution in [3.05, 3.63) is 28.7 Å². The van der Waals surface area contributed by atoms with Gasteiger partial charge in [-0.1, -0.05) is 12.1 Å². The first-order chi connectivity index (χ1) is 8.15. The number of nitrogens with one attached hydrogen (secondary N) is 1. The summed E-state index contributed by atoms with van der Waals surface area (Å²) in [5, 5.41) is 3.11. The number of hydrogen-bond donors (Lipinski definition) is 1. The molecule has 0 radical (unpaired) electrons. The fourth-order valence-electron chi connectivity index (χ4n) is 2.07. The maximum Gasteiger partial charge on any atom is 0.324 e. The van der Waals surface area contributed by atoms with Gasteiger partial charge >= 0.3 is 6.03 Å². The molecule has 92 valence electrons. The van der Waals surface area contributed by atoms with E-state index in [2.05, 4.69) is 21.2 Å². The molecule has 0 bridgehead atoms. The molecule has 2 rings (SSSR count). The summed E-state index contributed by atoms with van der Waals surface area (Å²) in [5.74, 6) is 0. The second-order valence-corrected chi connectivity index (χ2v) is 5.02. The highest BCUT2D eigenvalue weighted by Gasteiger charge is 2.35. The minimum absolute atomic E-state index is 0.0529. The predicted octanol–water partition coefficient (Wildman–Crippen LogP) is 1.91. The molecule has 1 aromatic rings. The number of amides is 2. The monoisotopic (exact) mass is 297 g/mol. The van der Waals surface area contributed by atoms with Crippen molar-refractivity contribution in [3.63, 3.8) is 0 Å². The molecule has 1 fully saturated rings. The molecule has 4 nitrogen and oxygen atoms in total. The largest absolute Gasteiger partial charge is 0.324 e. The van der Waals surface area contributed by atoms with Gasteiger partial charge in [0.15, 0.2) is 0 Å². The Morgan fingerprint density at radius 2 is 2.18 bits per heavy atom. The van der Waals surface area contributed by atoms with Crippen molar-refractivity contribution >= 4 is 27.6 Å². The van der Waals surface area contributed by atoms with Gasteiger partial charge in [0.05, 0.1) is 11.7 Å². The number of nitrogens with zero attached hydrogens (tertiary/aromatic N) is 2. The standard InChI is InChI=1S/C12H16BrN3O/c1-14-7-9-8-16(12(17)15(9)2)11-6-4-3-5-10(11)13/h3-6,9,14H,7-8H2,1-2H3. The lowest BCUT2D eigenvalue weighted by molar-refractivity contribution is 0.218. The molecule has 1 atom stereocenters. The van der Waals surface area contributed by atoms with Gasteiger partial charge in [0.2, 0.25) is 0 Å². The maximum atomic E-state index is 12.1. The van der Waals surface area contributed by atoms with Crippen LogP contribution in [-0.2, 0) is 0 Å². The third-order valence-corrected chi connectivity index (χ3v) is 3.73. The maximum absolute atomic E-state index is 12.1. The Labute approximate surface area is 110 Å². The second kappa shape index (κ2) is 5.06. The number of anilines is 1. The molecular formula is C12H16BrN3O. The summed E-state index contributed by atoms with van der Waals surface area (Å²) in [7, 11) is 3.75. The van der Waals surface area contributed by atoms with Crippen molar-refractivity contribution in [1.29, 1.82) is 0 Å². The first-order valence-electron chi connectivity index (χ1n) is 5.58. The van der Waals surface area contributed by atoms with Crippen molar-refractivity contribution in [2.75, 3.05) is 32.1 Å². The first-order valence-corrected chi connectivity index (χ1v) is 6.38. The van der Waals surface area contributed by atoms with Crippen LogP contribution in [0.2, 0.25) is 0 Å². The average Bonchev–Trinajstić information content (AvgIpc) is 2.59. The predicted molar refractivity (Wildman–Crippen MR) is 72.4 cm³/mol. The fourth-order valence-corrected chi connectivity index (χ4v) is 2.57. The summed E-state index contributed by atoms with van der Waals surface area (Å²) in [6, 6.07) is 8.07. The first kappa shape index (κ1) is 12.4. The second-order valence-electron chi connectivity index (χ2n) is 4.17. The van der Waals surface area contributed by atoms with Gasteiger partial charge < -0.3 is 10.2 Å². The van der Waals surface area contributed by atoms with E-state index in [1.54, 1.807) is 4.90 Å². The molecule has 0 saturated carbocycles. The molecule has 1 aliphatic rings. The van der Waals surface area contributed by atoms with Crippen LogP contribution < -0.4 is 10.2 Å². The van der Waals surface area contributed by atoms with E-state index in [9.17, 15) is 4.79 Å². The zero-order chi connectivity index (χ0) is 12.4. The van der Waals surface area contributed by atoms with Gasteiger partial charge in [-0.2, -0.15) is 0 Å². The minimum atomic E-state index is 0.0529. The van der Waals surface area contributed by atoms with Crippen LogP contribution in [0.4, 0.5) is 10.5 Å². The number of hydrogen-bond acceptors (Lipinski definition) is 2. The molecule has 2 amide bonds. The van der Waals surface area contributed by atoms with Crippen molar-refractivity contribution in [2.45, 2.75) is 6.04 Å². The zero-order valence-corrected chi connectivity index (χ0v) is 11.6. The zero-order valence-electron chi connectivity index (χ0n) is 9.98. The Kier molecular flexibility index (Phi) is 3.69. The lowest BCUT2D eigenvalue weighted by atomic mass is 10.2. The van der Waals surface area contributed by atoms with E-state index >= 15 is 0 Å². The summed E-state index contributed by atoms with van der Waals surface area (Å²) in [6.45, 7) is 1.53. The Hall–Kier alpha value is -1.07. The molecule has 0 spiro atoms. The number of para-hydroxylation sites is 1.